The minimum absolute atomic E-state index is 0.0415. The minimum Gasteiger partial charge on any atom is -0.356 e. The van der Waals surface area contributed by atoms with E-state index in [9.17, 15) is 4.79 Å². The number of likely N-dealkylation sites (N-methyl/N-ethyl adjacent to an activating group) is 1. The Labute approximate surface area is 224 Å². The fraction of sp³-hybridized carbons (Fsp3) is 0.536. The monoisotopic (exact) mass is 521 g/mol. The summed E-state index contributed by atoms with van der Waals surface area (Å²) < 4.78 is 0. The van der Waals surface area contributed by atoms with Crippen molar-refractivity contribution in [2.24, 2.45) is 10.1 Å². The summed E-state index contributed by atoms with van der Waals surface area (Å²) in [4.78, 5) is 26.8. The molecule has 1 saturated heterocycles. The summed E-state index contributed by atoms with van der Waals surface area (Å²) in [6.07, 6.45) is 1.09. The van der Waals surface area contributed by atoms with Crippen LogP contribution in [0.1, 0.15) is 46.9 Å². The second kappa shape index (κ2) is 10.9. The molecule has 198 valence electrons. The number of nitrogens with zero attached hydrogens (tertiary/aromatic N) is 5. The highest BCUT2D eigenvalue weighted by Gasteiger charge is 2.40. The van der Waals surface area contributed by atoms with E-state index < -0.39 is 0 Å². The van der Waals surface area contributed by atoms with Gasteiger partial charge in [-0.2, -0.15) is 5.10 Å². The number of aryl methyl sites for hydroxylation is 2. The lowest BCUT2D eigenvalue weighted by atomic mass is 9.99. The molecule has 8 nitrogen and oxygen atoms in total. The van der Waals surface area contributed by atoms with Gasteiger partial charge in [-0.15, -0.1) is 11.3 Å². The molecular formula is C28H39N7OS. The van der Waals surface area contributed by atoms with Crippen LogP contribution in [0, 0.1) is 20.8 Å². The molecule has 1 fully saturated rings. The number of aliphatic imine (C=N–C) groups is 1. The van der Waals surface area contributed by atoms with Crippen molar-refractivity contribution in [3.63, 3.8) is 0 Å². The van der Waals surface area contributed by atoms with E-state index in [4.69, 9.17) is 4.99 Å². The largest absolute Gasteiger partial charge is 0.356 e. The molecule has 1 amide bonds. The summed E-state index contributed by atoms with van der Waals surface area (Å²) in [5, 5.41) is 8.86. The number of amidine groups is 1. The molecule has 1 aromatic carbocycles. The summed E-state index contributed by atoms with van der Waals surface area (Å²) in [6, 6.07) is 8.28. The van der Waals surface area contributed by atoms with Gasteiger partial charge in [-0.1, -0.05) is 29.8 Å². The Kier molecular flexibility index (Phi) is 7.65. The van der Waals surface area contributed by atoms with Gasteiger partial charge in [0.05, 0.1) is 18.2 Å². The molecular weight excluding hydrogens is 482 g/mol. The van der Waals surface area contributed by atoms with E-state index in [2.05, 4.69) is 82.6 Å². The number of benzene rings is 1. The first-order valence-corrected chi connectivity index (χ1v) is 14.2. The van der Waals surface area contributed by atoms with Crippen molar-refractivity contribution in [1.82, 2.24) is 20.5 Å². The third kappa shape index (κ3) is 5.44. The van der Waals surface area contributed by atoms with Gasteiger partial charge in [0.15, 0.2) is 0 Å². The summed E-state index contributed by atoms with van der Waals surface area (Å²) in [5.41, 5.74) is 8.96. The van der Waals surface area contributed by atoms with Crippen molar-refractivity contribution in [3.8, 4) is 0 Å². The van der Waals surface area contributed by atoms with Crippen molar-refractivity contribution in [3.05, 3.63) is 51.4 Å². The number of hydrogen-bond donors (Lipinski definition) is 2. The molecule has 37 heavy (non-hydrogen) atoms. The van der Waals surface area contributed by atoms with Gasteiger partial charge in [0.25, 0.3) is 0 Å². The number of hydrogen-bond acceptors (Lipinski definition) is 8. The number of rotatable bonds is 7. The van der Waals surface area contributed by atoms with Gasteiger partial charge in [-0.3, -0.25) is 20.1 Å². The Balaban J connectivity index is 1.34. The molecule has 2 N–H and O–H groups in total. The predicted octanol–water partition coefficient (Wildman–Crippen LogP) is 3.11. The summed E-state index contributed by atoms with van der Waals surface area (Å²) >= 11 is 1.78. The van der Waals surface area contributed by atoms with Crippen LogP contribution in [0.15, 0.2) is 34.4 Å². The van der Waals surface area contributed by atoms with Crippen molar-refractivity contribution in [1.29, 1.82) is 0 Å². The highest BCUT2D eigenvalue weighted by molar-refractivity contribution is 7.17. The van der Waals surface area contributed by atoms with Crippen molar-refractivity contribution < 1.29 is 4.79 Å². The summed E-state index contributed by atoms with van der Waals surface area (Å²) in [5.74, 6) is 0.949. The third-order valence-electron chi connectivity index (χ3n) is 7.76. The molecule has 5 rings (SSSR count). The molecule has 0 spiro atoms. The Hall–Kier alpha value is -2.75. The maximum Gasteiger partial charge on any atom is 0.222 e. The van der Waals surface area contributed by atoms with Crippen LogP contribution in [0.3, 0.4) is 0 Å². The Morgan fingerprint density at radius 3 is 2.57 bits per heavy atom. The molecule has 0 bridgehead atoms. The number of thiophene rings is 1. The van der Waals surface area contributed by atoms with E-state index in [0.717, 1.165) is 66.8 Å². The van der Waals surface area contributed by atoms with Crippen LogP contribution >= 0.6 is 11.3 Å². The molecule has 0 saturated carbocycles. The molecule has 9 heteroatoms. The van der Waals surface area contributed by atoms with E-state index in [1.807, 2.05) is 6.92 Å². The first-order chi connectivity index (χ1) is 17.8. The maximum absolute atomic E-state index is 13.1. The van der Waals surface area contributed by atoms with Crippen LogP contribution in [0.5, 0.6) is 0 Å². The normalized spacial score (nSPS) is 22.0. The first-order valence-electron chi connectivity index (χ1n) is 13.3. The van der Waals surface area contributed by atoms with Crippen LogP contribution in [0.25, 0.3) is 0 Å². The number of carbonyl (C=O) groups is 1. The van der Waals surface area contributed by atoms with Gasteiger partial charge < -0.3 is 15.1 Å². The molecule has 1 unspecified atom stereocenters. The van der Waals surface area contributed by atoms with Crippen molar-refractivity contribution in [2.75, 3.05) is 51.2 Å². The van der Waals surface area contributed by atoms with Crippen molar-refractivity contribution >= 4 is 33.8 Å². The number of carbonyl (C=O) groups excluding carboxylic acids is 1. The summed E-state index contributed by atoms with van der Waals surface area (Å²) in [6.45, 7) is 14.6. The Bertz CT molecular complexity index is 1190. The fourth-order valence-electron chi connectivity index (χ4n) is 5.31. The van der Waals surface area contributed by atoms with E-state index in [-0.39, 0.29) is 18.1 Å². The van der Waals surface area contributed by atoms with Crippen LogP contribution < -0.4 is 15.6 Å². The second-order valence-corrected chi connectivity index (χ2v) is 11.7. The van der Waals surface area contributed by atoms with Gasteiger partial charge in [-0.25, -0.2) is 0 Å². The average molecular weight is 522 g/mol. The topological polar surface area (TPSA) is 75.6 Å². The third-order valence-corrected chi connectivity index (χ3v) is 8.96. The average Bonchev–Trinajstić information content (AvgIpc) is 3.35. The number of nitrogens with one attached hydrogen (secondary N) is 2. The van der Waals surface area contributed by atoms with Crippen LogP contribution in [0.2, 0.25) is 0 Å². The molecule has 3 aliphatic rings. The molecule has 3 aliphatic heterocycles. The fourth-order valence-corrected chi connectivity index (χ4v) is 6.56. The molecule has 2 aromatic rings. The molecule has 4 heterocycles. The first kappa shape index (κ1) is 25.9. The molecule has 0 radical (unpaired) electrons. The Morgan fingerprint density at radius 2 is 1.84 bits per heavy atom. The zero-order valence-electron chi connectivity index (χ0n) is 22.7. The number of anilines is 1. The standard InChI is InChI=1S/C28H39N7OS/c1-18-7-9-22(10-8-18)26-25-19(2)20(3)37-28(25)35-21(4)31-32-27(35)23(30-26)17-24(36)29-11-6-12-34-15-13-33(5)14-16-34/h7-10,23,27,32H,6,11-17H2,1-5H3,(H,29,36)/t23-,27?/m0/s1. The van der Waals surface area contributed by atoms with Gasteiger partial charge in [0.2, 0.25) is 5.91 Å². The SMILES string of the molecule is CC1=NNC2[C@H](CC(=O)NCCCN3CCN(C)CC3)N=C(c3ccc(C)cc3)c3c(sc(C)c3C)N12. The van der Waals surface area contributed by atoms with E-state index in [1.54, 1.807) is 11.3 Å². The van der Waals surface area contributed by atoms with Gasteiger partial charge in [0, 0.05) is 48.7 Å². The van der Waals surface area contributed by atoms with E-state index >= 15 is 0 Å². The molecule has 0 aliphatic carbocycles. The van der Waals surface area contributed by atoms with Gasteiger partial charge in [-0.05, 0) is 53.3 Å². The maximum atomic E-state index is 13.1. The second-order valence-electron chi connectivity index (χ2n) is 10.5. The minimum atomic E-state index is -0.269. The number of hydrazone groups is 1. The number of amides is 1. The van der Waals surface area contributed by atoms with Crippen LogP contribution in [-0.2, 0) is 4.79 Å². The highest BCUT2D eigenvalue weighted by Crippen LogP contribution is 2.42. The molecule has 2 atom stereocenters. The summed E-state index contributed by atoms with van der Waals surface area (Å²) in [7, 11) is 2.17. The lowest BCUT2D eigenvalue weighted by Crippen LogP contribution is -2.48. The lowest BCUT2D eigenvalue weighted by molar-refractivity contribution is -0.121. The Morgan fingerprint density at radius 1 is 1.11 bits per heavy atom. The quantitative estimate of drug-likeness (QED) is 0.548. The number of piperazine rings is 1. The lowest BCUT2D eigenvalue weighted by Gasteiger charge is -2.32. The smallest absolute Gasteiger partial charge is 0.222 e. The highest BCUT2D eigenvalue weighted by atomic mass is 32.1. The van der Waals surface area contributed by atoms with Gasteiger partial charge >= 0.3 is 0 Å². The van der Waals surface area contributed by atoms with E-state index in [0.29, 0.717) is 13.0 Å². The molecule has 1 aromatic heterocycles. The van der Waals surface area contributed by atoms with Crippen LogP contribution in [-0.4, -0.2) is 85.8 Å². The zero-order valence-corrected chi connectivity index (χ0v) is 23.5. The number of fused-ring (bicyclic) bond motifs is 3. The predicted molar refractivity (Wildman–Crippen MR) is 153 cm³/mol. The van der Waals surface area contributed by atoms with Crippen molar-refractivity contribution in [2.45, 2.75) is 52.7 Å². The van der Waals surface area contributed by atoms with Crippen LogP contribution in [0.4, 0.5) is 5.00 Å². The zero-order chi connectivity index (χ0) is 26.1. The van der Waals surface area contributed by atoms with Gasteiger partial charge in [0.1, 0.15) is 17.0 Å². The van der Waals surface area contributed by atoms with E-state index in [1.165, 1.54) is 16.0 Å².